The van der Waals surface area contributed by atoms with Crippen LogP contribution in [0.1, 0.15) is 62.3 Å². The van der Waals surface area contributed by atoms with Crippen LogP contribution in [-0.2, 0) is 6.61 Å². The van der Waals surface area contributed by atoms with Crippen molar-refractivity contribution in [1.82, 2.24) is 5.43 Å². The van der Waals surface area contributed by atoms with E-state index in [1.54, 1.807) is 0 Å². The third kappa shape index (κ3) is 6.40. The maximum Gasteiger partial charge on any atom is 0.191 e. The molecule has 0 saturated carbocycles. The molecule has 1 heterocycles. The summed E-state index contributed by atoms with van der Waals surface area (Å²) in [6.45, 7) is 11.1. The summed E-state index contributed by atoms with van der Waals surface area (Å²) in [6.07, 6.45) is 0.639. The predicted octanol–water partition coefficient (Wildman–Crippen LogP) is 6.95. The molecule has 0 bridgehead atoms. The Balaban J connectivity index is 1.48. The third-order valence-electron chi connectivity index (χ3n) is 6.02. The van der Waals surface area contributed by atoms with Gasteiger partial charge in [-0.2, -0.15) is 5.10 Å². The summed E-state index contributed by atoms with van der Waals surface area (Å²) in [6, 6.07) is 22.4. The lowest BCUT2D eigenvalue weighted by molar-refractivity contribution is 0.111. The number of nitrogens with one attached hydrogen (secondary N) is 2. The molecule has 0 atom stereocenters. The summed E-state index contributed by atoms with van der Waals surface area (Å²) in [5.41, 5.74) is 9.00. The number of rotatable bonds is 6. The summed E-state index contributed by atoms with van der Waals surface area (Å²) in [7, 11) is 0. The Kier molecular flexibility index (Phi) is 7.41. The molecule has 3 aromatic rings. The highest BCUT2D eigenvalue weighted by Gasteiger charge is 2.31. The molecule has 1 aliphatic rings. The van der Waals surface area contributed by atoms with E-state index in [-0.39, 0.29) is 5.60 Å². The van der Waals surface area contributed by atoms with E-state index in [0.29, 0.717) is 24.1 Å². The lowest BCUT2D eigenvalue weighted by Gasteiger charge is -2.33. The number of aryl methyl sites for hydroxylation is 1. The lowest BCUT2D eigenvalue weighted by Crippen LogP contribution is -2.37. The minimum absolute atomic E-state index is 0.376. The highest BCUT2D eigenvalue weighted by molar-refractivity contribution is 7.80. The van der Waals surface area contributed by atoms with Gasteiger partial charge in [0.25, 0.3) is 0 Å². The summed E-state index contributed by atoms with van der Waals surface area (Å²) in [5, 5.41) is 8.31. The number of hydrogen-bond acceptors (Lipinski definition) is 4. The van der Waals surface area contributed by atoms with E-state index in [1.807, 2.05) is 42.5 Å². The Morgan fingerprint density at radius 1 is 1.09 bits per heavy atom. The number of fused-ring (bicyclic) bond motifs is 1. The van der Waals surface area contributed by atoms with Gasteiger partial charge in [0.1, 0.15) is 23.7 Å². The minimum Gasteiger partial charge on any atom is -0.489 e. The topological polar surface area (TPSA) is 54.9 Å². The SMILES string of the molecule is Cc1ccccc1COc1ccc2c(c1)/C(=N\NC(=S)Nc1ccc(C(C)C)cc1)CC(C)(C)O2. The normalized spacial score (nSPS) is 15.3. The first kappa shape index (κ1) is 24.7. The summed E-state index contributed by atoms with van der Waals surface area (Å²) in [5.74, 6) is 2.05. The Labute approximate surface area is 213 Å². The van der Waals surface area contributed by atoms with Crippen LogP contribution in [0.15, 0.2) is 71.8 Å². The average Bonchev–Trinajstić information content (AvgIpc) is 2.82. The number of hydrazone groups is 1. The molecule has 6 heteroatoms. The standard InChI is InChI=1S/C29H33N3O2S/c1-19(2)21-10-12-23(13-11-21)30-28(35)32-31-26-17-29(4,5)34-27-15-14-24(16-25(26)27)33-18-22-9-7-6-8-20(22)3/h6-16,19H,17-18H2,1-5H3,(H2,30,32,35)/b31-26-. The van der Waals surface area contributed by atoms with Crippen LogP contribution in [0.2, 0.25) is 0 Å². The Morgan fingerprint density at radius 3 is 2.54 bits per heavy atom. The van der Waals surface area contributed by atoms with E-state index in [4.69, 9.17) is 21.7 Å². The first-order valence-corrected chi connectivity index (χ1v) is 12.4. The highest BCUT2D eigenvalue weighted by atomic mass is 32.1. The average molecular weight is 488 g/mol. The predicted molar refractivity (Wildman–Crippen MR) is 148 cm³/mol. The van der Waals surface area contributed by atoms with Crippen LogP contribution >= 0.6 is 12.2 Å². The van der Waals surface area contributed by atoms with Crippen molar-refractivity contribution in [2.24, 2.45) is 5.10 Å². The van der Waals surface area contributed by atoms with Gasteiger partial charge in [-0.15, -0.1) is 0 Å². The van der Waals surface area contributed by atoms with Gasteiger partial charge in [-0.25, -0.2) is 0 Å². The van der Waals surface area contributed by atoms with Crippen molar-refractivity contribution in [3.63, 3.8) is 0 Å². The molecule has 1 aliphatic heterocycles. The van der Waals surface area contributed by atoms with Gasteiger partial charge in [-0.05, 0) is 85.9 Å². The lowest BCUT2D eigenvalue weighted by atomic mass is 9.92. The van der Waals surface area contributed by atoms with Gasteiger partial charge in [0.2, 0.25) is 0 Å². The van der Waals surface area contributed by atoms with Crippen molar-refractivity contribution in [3.8, 4) is 11.5 Å². The zero-order valence-corrected chi connectivity index (χ0v) is 21.8. The Morgan fingerprint density at radius 2 is 1.83 bits per heavy atom. The van der Waals surface area contributed by atoms with Crippen molar-refractivity contribution in [1.29, 1.82) is 0 Å². The van der Waals surface area contributed by atoms with Crippen LogP contribution in [0.4, 0.5) is 5.69 Å². The van der Waals surface area contributed by atoms with Crippen molar-refractivity contribution in [2.75, 3.05) is 5.32 Å². The second kappa shape index (κ2) is 10.5. The molecule has 0 radical (unpaired) electrons. The molecule has 0 amide bonds. The summed E-state index contributed by atoms with van der Waals surface area (Å²) < 4.78 is 12.3. The minimum atomic E-state index is -0.376. The molecule has 2 N–H and O–H groups in total. The molecular formula is C29H33N3O2S. The third-order valence-corrected chi connectivity index (χ3v) is 6.22. The molecule has 3 aromatic carbocycles. The molecule has 0 aromatic heterocycles. The van der Waals surface area contributed by atoms with Crippen LogP contribution in [0.5, 0.6) is 11.5 Å². The van der Waals surface area contributed by atoms with E-state index < -0.39 is 0 Å². The molecule has 0 aliphatic carbocycles. The monoisotopic (exact) mass is 487 g/mol. The van der Waals surface area contributed by atoms with Crippen LogP contribution < -0.4 is 20.2 Å². The molecule has 35 heavy (non-hydrogen) atoms. The Bertz CT molecular complexity index is 1230. The first-order chi connectivity index (χ1) is 16.7. The van der Waals surface area contributed by atoms with Gasteiger partial charge >= 0.3 is 0 Å². The molecule has 4 rings (SSSR count). The van der Waals surface area contributed by atoms with Crippen LogP contribution in [0.3, 0.4) is 0 Å². The van der Waals surface area contributed by atoms with Gasteiger partial charge in [-0.1, -0.05) is 50.2 Å². The number of benzene rings is 3. The fourth-order valence-electron chi connectivity index (χ4n) is 4.01. The number of ether oxygens (including phenoxy) is 2. The van der Waals surface area contributed by atoms with E-state index in [9.17, 15) is 0 Å². The van der Waals surface area contributed by atoms with Crippen molar-refractivity contribution >= 4 is 28.7 Å². The zero-order chi connectivity index (χ0) is 25.0. The first-order valence-electron chi connectivity index (χ1n) is 11.9. The van der Waals surface area contributed by atoms with Crippen LogP contribution in [0.25, 0.3) is 0 Å². The molecule has 0 fully saturated rings. The van der Waals surface area contributed by atoms with Gasteiger partial charge in [-0.3, -0.25) is 5.43 Å². The van der Waals surface area contributed by atoms with E-state index in [2.05, 4.69) is 74.7 Å². The van der Waals surface area contributed by atoms with Crippen molar-refractivity contribution in [3.05, 3.63) is 89.0 Å². The maximum atomic E-state index is 6.21. The second-order valence-corrected chi connectivity index (χ2v) is 10.2. The fourth-order valence-corrected chi connectivity index (χ4v) is 4.17. The zero-order valence-electron chi connectivity index (χ0n) is 21.0. The largest absolute Gasteiger partial charge is 0.489 e. The quantitative estimate of drug-likeness (QED) is 0.291. The maximum absolute atomic E-state index is 6.21. The van der Waals surface area contributed by atoms with Gasteiger partial charge in [0.05, 0.1) is 5.71 Å². The van der Waals surface area contributed by atoms with E-state index >= 15 is 0 Å². The molecule has 182 valence electrons. The fraction of sp³-hybridized carbons (Fsp3) is 0.310. The molecule has 0 spiro atoms. The van der Waals surface area contributed by atoms with Crippen molar-refractivity contribution < 1.29 is 9.47 Å². The van der Waals surface area contributed by atoms with Gasteiger partial charge in [0.15, 0.2) is 5.11 Å². The number of nitrogens with zero attached hydrogens (tertiary/aromatic N) is 1. The van der Waals surface area contributed by atoms with E-state index in [0.717, 1.165) is 34.0 Å². The number of hydrogen-bond donors (Lipinski definition) is 2. The summed E-state index contributed by atoms with van der Waals surface area (Å²) in [4.78, 5) is 0. The van der Waals surface area contributed by atoms with Crippen LogP contribution in [0, 0.1) is 6.92 Å². The Hall–Kier alpha value is -3.38. The molecule has 0 saturated heterocycles. The van der Waals surface area contributed by atoms with Gasteiger partial charge in [0, 0.05) is 17.7 Å². The van der Waals surface area contributed by atoms with E-state index in [1.165, 1.54) is 11.1 Å². The molecular weight excluding hydrogens is 454 g/mol. The molecule has 5 nitrogen and oxygen atoms in total. The number of thiocarbonyl (C=S) groups is 1. The second-order valence-electron chi connectivity index (χ2n) is 9.81. The smallest absolute Gasteiger partial charge is 0.191 e. The highest BCUT2D eigenvalue weighted by Crippen LogP contribution is 2.35. The summed E-state index contributed by atoms with van der Waals surface area (Å²) >= 11 is 5.49. The molecule has 0 unspecified atom stereocenters. The van der Waals surface area contributed by atoms with Crippen LogP contribution in [-0.4, -0.2) is 16.4 Å². The van der Waals surface area contributed by atoms with Gasteiger partial charge < -0.3 is 14.8 Å². The van der Waals surface area contributed by atoms with Crippen molar-refractivity contribution in [2.45, 2.75) is 59.2 Å². The number of anilines is 1.